The minimum atomic E-state index is 0.502. The fourth-order valence-electron chi connectivity index (χ4n) is 2.27. The van der Waals surface area contributed by atoms with Crippen molar-refractivity contribution in [1.29, 1.82) is 0 Å². The Morgan fingerprint density at radius 3 is 2.73 bits per heavy atom. The van der Waals surface area contributed by atoms with E-state index in [2.05, 4.69) is 54.4 Å². The van der Waals surface area contributed by atoms with Crippen molar-refractivity contribution in [3.63, 3.8) is 0 Å². The average molecular weight is 204 g/mol. The van der Waals surface area contributed by atoms with Crippen molar-refractivity contribution >= 4 is 0 Å². The summed E-state index contributed by atoms with van der Waals surface area (Å²) in [5.41, 5.74) is 1.41. The number of nitrogens with one attached hydrogen (secondary N) is 1. The van der Waals surface area contributed by atoms with E-state index in [-0.39, 0.29) is 0 Å². The van der Waals surface area contributed by atoms with Crippen LogP contribution in [0.4, 0.5) is 0 Å². The molecular formula is C13H20N2. The van der Waals surface area contributed by atoms with E-state index in [1.165, 1.54) is 5.56 Å². The van der Waals surface area contributed by atoms with Crippen LogP contribution in [0.15, 0.2) is 30.3 Å². The molecule has 1 saturated heterocycles. The summed E-state index contributed by atoms with van der Waals surface area (Å²) < 4.78 is 0. The predicted molar refractivity (Wildman–Crippen MR) is 63.9 cm³/mol. The second kappa shape index (κ2) is 4.77. The van der Waals surface area contributed by atoms with E-state index < -0.39 is 0 Å². The van der Waals surface area contributed by atoms with Gasteiger partial charge in [-0.25, -0.2) is 0 Å². The number of benzene rings is 1. The van der Waals surface area contributed by atoms with Crippen molar-refractivity contribution < 1.29 is 0 Å². The summed E-state index contributed by atoms with van der Waals surface area (Å²) in [5.74, 6) is 0. The first-order chi connectivity index (χ1) is 7.31. The Bertz CT molecular complexity index is 297. The first kappa shape index (κ1) is 10.7. The van der Waals surface area contributed by atoms with Crippen LogP contribution in [0.2, 0.25) is 0 Å². The molecule has 1 N–H and O–H groups in total. The molecule has 0 bridgehead atoms. The average Bonchev–Trinajstić information content (AvgIpc) is 2.31. The molecule has 1 aromatic carbocycles. The maximum Gasteiger partial charge on any atom is 0.0449 e. The van der Waals surface area contributed by atoms with Gasteiger partial charge < -0.3 is 5.32 Å². The van der Waals surface area contributed by atoms with Crippen molar-refractivity contribution in [2.45, 2.75) is 25.9 Å². The Morgan fingerprint density at radius 1 is 1.33 bits per heavy atom. The number of rotatable bonds is 2. The SMILES string of the molecule is CCN1CC(c2ccccc2)NCC1C. The molecule has 0 saturated carbocycles. The third-order valence-electron chi connectivity index (χ3n) is 3.31. The molecule has 2 nitrogen and oxygen atoms in total. The van der Waals surface area contributed by atoms with Gasteiger partial charge in [-0.15, -0.1) is 0 Å². The standard InChI is InChI=1S/C13H20N2/c1-3-15-10-13(14-9-11(15)2)12-7-5-4-6-8-12/h4-8,11,13-14H,3,9-10H2,1-2H3. The molecule has 82 valence electrons. The molecule has 1 aliphatic rings. The fourth-order valence-corrected chi connectivity index (χ4v) is 2.27. The Labute approximate surface area is 92.3 Å². The number of likely N-dealkylation sites (N-methyl/N-ethyl adjacent to an activating group) is 1. The Balaban J connectivity index is 2.06. The highest BCUT2D eigenvalue weighted by Crippen LogP contribution is 2.19. The number of piperazine rings is 1. The first-order valence-electron chi connectivity index (χ1n) is 5.83. The van der Waals surface area contributed by atoms with Gasteiger partial charge in [0, 0.05) is 25.2 Å². The molecule has 0 radical (unpaired) electrons. The van der Waals surface area contributed by atoms with Crippen LogP contribution in [0.25, 0.3) is 0 Å². The molecule has 0 spiro atoms. The van der Waals surface area contributed by atoms with Gasteiger partial charge in [-0.1, -0.05) is 37.3 Å². The van der Waals surface area contributed by atoms with Crippen LogP contribution in [0.1, 0.15) is 25.5 Å². The molecule has 0 amide bonds. The van der Waals surface area contributed by atoms with Gasteiger partial charge in [0.25, 0.3) is 0 Å². The van der Waals surface area contributed by atoms with Crippen molar-refractivity contribution in [3.8, 4) is 0 Å². The summed E-state index contributed by atoms with van der Waals surface area (Å²) in [4.78, 5) is 2.54. The third kappa shape index (κ3) is 2.39. The van der Waals surface area contributed by atoms with Gasteiger partial charge in [0.1, 0.15) is 0 Å². The second-order valence-electron chi connectivity index (χ2n) is 4.31. The lowest BCUT2D eigenvalue weighted by molar-refractivity contribution is 0.149. The highest BCUT2D eigenvalue weighted by atomic mass is 15.2. The lowest BCUT2D eigenvalue weighted by Crippen LogP contribution is -2.51. The number of nitrogens with zero attached hydrogens (tertiary/aromatic N) is 1. The van der Waals surface area contributed by atoms with Crippen LogP contribution in [-0.4, -0.2) is 30.6 Å². The van der Waals surface area contributed by atoms with Crippen molar-refractivity contribution in [2.75, 3.05) is 19.6 Å². The van der Waals surface area contributed by atoms with E-state index in [4.69, 9.17) is 0 Å². The van der Waals surface area contributed by atoms with Crippen LogP contribution in [0.3, 0.4) is 0 Å². The van der Waals surface area contributed by atoms with Gasteiger partial charge in [-0.3, -0.25) is 4.90 Å². The van der Waals surface area contributed by atoms with Gasteiger partial charge in [0.05, 0.1) is 0 Å². The molecule has 0 aromatic heterocycles. The van der Waals surface area contributed by atoms with Gasteiger partial charge in [0.15, 0.2) is 0 Å². The van der Waals surface area contributed by atoms with E-state index in [1.54, 1.807) is 0 Å². The lowest BCUT2D eigenvalue weighted by atomic mass is 10.0. The maximum atomic E-state index is 3.61. The van der Waals surface area contributed by atoms with Crippen molar-refractivity contribution in [3.05, 3.63) is 35.9 Å². The zero-order valence-corrected chi connectivity index (χ0v) is 9.61. The molecule has 1 aromatic rings. The Kier molecular flexibility index (Phi) is 3.39. The first-order valence-corrected chi connectivity index (χ1v) is 5.83. The van der Waals surface area contributed by atoms with E-state index in [9.17, 15) is 0 Å². The minimum absolute atomic E-state index is 0.502. The quantitative estimate of drug-likeness (QED) is 0.793. The van der Waals surface area contributed by atoms with Gasteiger partial charge >= 0.3 is 0 Å². The molecular weight excluding hydrogens is 184 g/mol. The summed E-state index contributed by atoms with van der Waals surface area (Å²) in [5, 5.41) is 3.61. The van der Waals surface area contributed by atoms with E-state index >= 15 is 0 Å². The molecule has 2 unspecified atom stereocenters. The predicted octanol–water partition coefficient (Wildman–Crippen LogP) is 2.04. The van der Waals surface area contributed by atoms with Gasteiger partial charge in [-0.2, -0.15) is 0 Å². The normalized spacial score (nSPS) is 27.9. The topological polar surface area (TPSA) is 15.3 Å². The molecule has 2 atom stereocenters. The smallest absolute Gasteiger partial charge is 0.0449 e. The Hall–Kier alpha value is -0.860. The molecule has 1 fully saturated rings. The summed E-state index contributed by atoms with van der Waals surface area (Å²) >= 11 is 0. The number of hydrogen-bond acceptors (Lipinski definition) is 2. The third-order valence-corrected chi connectivity index (χ3v) is 3.31. The zero-order valence-electron chi connectivity index (χ0n) is 9.61. The Morgan fingerprint density at radius 2 is 2.07 bits per heavy atom. The number of hydrogen-bond donors (Lipinski definition) is 1. The molecule has 1 aliphatic heterocycles. The van der Waals surface area contributed by atoms with Gasteiger partial charge in [0.2, 0.25) is 0 Å². The van der Waals surface area contributed by atoms with Crippen molar-refractivity contribution in [2.24, 2.45) is 0 Å². The zero-order chi connectivity index (χ0) is 10.7. The highest BCUT2D eigenvalue weighted by molar-refractivity contribution is 5.20. The molecule has 0 aliphatic carbocycles. The fraction of sp³-hybridized carbons (Fsp3) is 0.538. The lowest BCUT2D eigenvalue weighted by Gasteiger charge is -2.38. The van der Waals surface area contributed by atoms with Gasteiger partial charge in [-0.05, 0) is 19.0 Å². The monoisotopic (exact) mass is 204 g/mol. The van der Waals surface area contributed by atoms with E-state index in [0.717, 1.165) is 19.6 Å². The summed E-state index contributed by atoms with van der Waals surface area (Å²) in [6.45, 7) is 7.89. The second-order valence-corrected chi connectivity index (χ2v) is 4.31. The summed E-state index contributed by atoms with van der Waals surface area (Å²) in [6, 6.07) is 11.9. The van der Waals surface area contributed by atoms with E-state index in [0.29, 0.717) is 12.1 Å². The minimum Gasteiger partial charge on any atom is -0.307 e. The van der Waals surface area contributed by atoms with Crippen LogP contribution < -0.4 is 5.32 Å². The molecule has 2 rings (SSSR count). The van der Waals surface area contributed by atoms with Crippen LogP contribution in [0.5, 0.6) is 0 Å². The molecule has 1 heterocycles. The van der Waals surface area contributed by atoms with Crippen LogP contribution in [0, 0.1) is 0 Å². The molecule has 15 heavy (non-hydrogen) atoms. The largest absolute Gasteiger partial charge is 0.307 e. The highest BCUT2D eigenvalue weighted by Gasteiger charge is 2.24. The summed E-state index contributed by atoms with van der Waals surface area (Å²) in [6.07, 6.45) is 0. The summed E-state index contributed by atoms with van der Waals surface area (Å²) in [7, 11) is 0. The molecule has 2 heteroatoms. The van der Waals surface area contributed by atoms with Crippen molar-refractivity contribution in [1.82, 2.24) is 10.2 Å². The van der Waals surface area contributed by atoms with Crippen LogP contribution in [-0.2, 0) is 0 Å². The van der Waals surface area contributed by atoms with E-state index in [1.807, 2.05) is 0 Å². The maximum absolute atomic E-state index is 3.61. The van der Waals surface area contributed by atoms with Crippen LogP contribution >= 0.6 is 0 Å².